The molecule has 1 rings (SSSR count). The third-order valence-electron chi connectivity index (χ3n) is 2.65. The molecular weight excluding hydrogens is 261 g/mol. The number of likely N-dealkylation sites (N-methyl/N-ethyl adjacent to an activating group) is 1. The fourth-order valence-corrected chi connectivity index (χ4v) is 1.60. The lowest BCUT2D eigenvalue weighted by Gasteiger charge is -2.13. The quantitative estimate of drug-likeness (QED) is 0.535. The summed E-state index contributed by atoms with van der Waals surface area (Å²) in [5, 5.41) is 3.12. The van der Waals surface area contributed by atoms with E-state index < -0.39 is 5.82 Å². The van der Waals surface area contributed by atoms with E-state index in [1.165, 1.54) is 6.07 Å². The van der Waals surface area contributed by atoms with E-state index in [4.69, 9.17) is 15.2 Å². The zero-order chi connectivity index (χ0) is 15.0. The SMILES string of the molecule is CCOc1cc(NCCOCCN(C)C)c(N)cc1F. The summed E-state index contributed by atoms with van der Waals surface area (Å²) >= 11 is 0. The zero-order valence-electron chi connectivity index (χ0n) is 12.4. The molecule has 0 radical (unpaired) electrons. The van der Waals surface area contributed by atoms with Crippen LogP contribution in [-0.2, 0) is 4.74 Å². The first-order valence-corrected chi connectivity index (χ1v) is 6.72. The molecule has 0 saturated heterocycles. The predicted molar refractivity (Wildman–Crippen MR) is 79.8 cm³/mol. The number of nitrogens with one attached hydrogen (secondary N) is 1. The highest BCUT2D eigenvalue weighted by Gasteiger charge is 2.08. The van der Waals surface area contributed by atoms with Crippen molar-refractivity contribution >= 4 is 11.4 Å². The van der Waals surface area contributed by atoms with Crippen LogP contribution in [0.15, 0.2) is 12.1 Å². The van der Waals surface area contributed by atoms with Crippen molar-refractivity contribution in [3.05, 3.63) is 17.9 Å². The Labute approximate surface area is 119 Å². The van der Waals surface area contributed by atoms with E-state index in [9.17, 15) is 4.39 Å². The molecule has 114 valence electrons. The minimum Gasteiger partial charge on any atom is -0.491 e. The third-order valence-corrected chi connectivity index (χ3v) is 2.65. The predicted octanol–water partition coefficient (Wildman–Crippen LogP) is 1.80. The molecule has 0 heterocycles. The molecule has 1 aromatic rings. The Hall–Kier alpha value is -1.53. The number of benzene rings is 1. The van der Waals surface area contributed by atoms with Crippen molar-refractivity contribution < 1.29 is 13.9 Å². The highest BCUT2D eigenvalue weighted by atomic mass is 19.1. The summed E-state index contributed by atoms with van der Waals surface area (Å²) < 4.78 is 24.2. The molecule has 0 bridgehead atoms. The van der Waals surface area contributed by atoms with Crippen molar-refractivity contribution in [1.82, 2.24) is 4.90 Å². The van der Waals surface area contributed by atoms with E-state index in [1.54, 1.807) is 6.07 Å². The van der Waals surface area contributed by atoms with Gasteiger partial charge in [-0.2, -0.15) is 0 Å². The van der Waals surface area contributed by atoms with Gasteiger partial charge in [-0.3, -0.25) is 0 Å². The Morgan fingerprint density at radius 3 is 2.70 bits per heavy atom. The maximum absolute atomic E-state index is 13.5. The van der Waals surface area contributed by atoms with E-state index in [1.807, 2.05) is 21.0 Å². The number of nitrogens with two attached hydrogens (primary N) is 1. The van der Waals surface area contributed by atoms with Crippen LogP contribution in [0, 0.1) is 5.82 Å². The maximum Gasteiger partial charge on any atom is 0.167 e. The molecule has 20 heavy (non-hydrogen) atoms. The molecule has 0 atom stereocenters. The Morgan fingerprint density at radius 1 is 1.30 bits per heavy atom. The summed E-state index contributed by atoms with van der Waals surface area (Å²) in [4.78, 5) is 2.06. The smallest absolute Gasteiger partial charge is 0.167 e. The Morgan fingerprint density at radius 2 is 2.05 bits per heavy atom. The Balaban J connectivity index is 2.41. The summed E-state index contributed by atoms with van der Waals surface area (Å²) in [6.07, 6.45) is 0. The number of nitrogens with zero attached hydrogens (tertiary/aromatic N) is 1. The number of anilines is 2. The van der Waals surface area contributed by atoms with Gasteiger partial charge in [0.1, 0.15) is 0 Å². The minimum absolute atomic E-state index is 0.206. The number of halogens is 1. The summed E-state index contributed by atoms with van der Waals surface area (Å²) in [6.45, 7) is 4.95. The topological polar surface area (TPSA) is 59.8 Å². The standard InChI is InChI=1S/C14H24FN3O2/c1-4-20-14-10-13(12(16)9-11(14)15)17-5-7-19-8-6-18(2)3/h9-10,17H,4-8,16H2,1-3H3. The van der Waals surface area contributed by atoms with Crippen molar-refractivity contribution in [3.8, 4) is 5.75 Å². The molecular formula is C14H24FN3O2. The first kappa shape index (κ1) is 16.5. The largest absolute Gasteiger partial charge is 0.491 e. The fourth-order valence-electron chi connectivity index (χ4n) is 1.60. The van der Waals surface area contributed by atoms with Crippen LogP contribution in [0.3, 0.4) is 0 Å². The lowest BCUT2D eigenvalue weighted by atomic mass is 10.2. The average Bonchev–Trinajstić information content (AvgIpc) is 2.38. The molecule has 0 aliphatic heterocycles. The first-order valence-electron chi connectivity index (χ1n) is 6.72. The van der Waals surface area contributed by atoms with Gasteiger partial charge in [-0.25, -0.2) is 4.39 Å². The van der Waals surface area contributed by atoms with E-state index in [-0.39, 0.29) is 5.75 Å². The normalized spacial score (nSPS) is 10.8. The highest BCUT2D eigenvalue weighted by molar-refractivity contribution is 5.68. The van der Waals surface area contributed by atoms with Gasteiger partial charge in [0.2, 0.25) is 0 Å². The number of rotatable bonds is 9. The van der Waals surface area contributed by atoms with Crippen LogP contribution in [-0.4, -0.2) is 51.9 Å². The van der Waals surface area contributed by atoms with Crippen molar-refractivity contribution in [3.63, 3.8) is 0 Å². The molecule has 0 aliphatic rings. The van der Waals surface area contributed by atoms with Gasteiger partial charge >= 0.3 is 0 Å². The number of hydrogen-bond acceptors (Lipinski definition) is 5. The third kappa shape index (κ3) is 5.63. The van der Waals surface area contributed by atoms with Crippen LogP contribution in [0.5, 0.6) is 5.75 Å². The number of hydrogen-bond donors (Lipinski definition) is 2. The van der Waals surface area contributed by atoms with Crippen molar-refractivity contribution in [2.75, 3.05) is 58.1 Å². The van der Waals surface area contributed by atoms with Crippen molar-refractivity contribution in [1.29, 1.82) is 0 Å². The van der Waals surface area contributed by atoms with Crippen molar-refractivity contribution in [2.24, 2.45) is 0 Å². The summed E-state index contributed by atoms with van der Waals surface area (Å²) in [5.74, 6) is -0.241. The lowest BCUT2D eigenvalue weighted by Crippen LogP contribution is -2.20. The van der Waals surface area contributed by atoms with Crippen LogP contribution < -0.4 is 15.8 Å². The average molecular weight is 285 g/mol. The molecule has 3 N–H and O–H groups in total. The van der Waals surface area contributed by atoms with Gasteiger partial charge < -0.3 is 25.4 Å². The second kappa shape index (κ2) is 8.60. The monoisotopic (exact) mass is 285 g/mol. The van der Waals surface area contributed by atoms with Gasteiger partial charge in [-0.15, -0.1) is 0 Å². The molecule has 0 amide bonds. The second-order valence-electron chi connectivity index (χ2n) is 4.65. The molecule has 0 fully saturated rings. The van der Waals surface area contributed by atoms with Gasteiger partial charge in [0.25, 0.3) is 0 Å². The lowest BCUT2D eigenvalue weighted by molar-refractivity contribution is 0.126. The minimum atomic E-state index is -0.447. The Bertz CT molecular complexity index is 414. The molecule has 6 heteroatoms. The van der Waals surface area contributed by atoms with E-state index in [0.717, 1.165) is 6.54 Å². The second-order valence-corrected chi connectivity index (χ2v) is 4.65. The van der Waals surface area contributed by atoms with E-state index in [0.29, 0.717) is 37.7 Å². The van der Waals surface area contributed by atoms with E-state index >= 15 is 0 Å². The first-order chi connectivity index (χ1) is 9.54. The van der Waals surface area contributed by atoms with Crippen molar-refractivity contribution in [2.45, 2.75) is 6.92 Å². The summed E-state index contributed by atoms with van der Waals surface area (Å²) in [5.41, 5.74) is 6.78. The van der Waals surface area contributed by atoms with Crippen LogP contribution in [0.2, 0.25) is 0 Å². The van der Waals surface area contributed by atoms with Crippen LogP contribution in [0.25, 0.3) is 0 Å². The summed E-state index contributed by atoms with van der Waals surface area (Å²) in [7, 11) is 3.99. The molecule has 1 aromatic carbocycles. The Kier molecular flexibility index (Phi) is 7.11. The molecule has 5 nitrogen and oxygen atoms in total. The fraction of sp³-hybridized carbons (Fsp3) is 0.571. The van der Waals surface area contributed by atoms with E-state index in [2.05, 4.69) is 10.2 Å². The molecule has 0 saturated carbocycles. The molecule has 0 aliphatic carbocycles. The van der Waals surface area contributed by atoms with Gasteiger partial charge in [0.05, 0.1) is 31.2 Å². The van der Waals surface area contributed by atoms with Crippen LogP contribution in [0.1, 0.15) is 6.92 Å². The van der Waals surface area contributed by atoms with Crippen LogP contribution >= 0.6 is 0 Å². The maximum atomic E-state index is 13.5. The zero-order valence-corrected chi connectivity index (χ0v) is 12.4. The van der Waals surface area contributed by atoms with Gasteiger partial charge in [0, 0.05) is 25.2 Å². The van der Waals surface area contributed by atoms with Crippen LogP contribution in [0.4, 0.5) is 15.8 Å². The highest BCUT2D eigenvalue weighted by Crippen LogP contribution is 2.28. The summed E-state index contributed by atoms with van der Waals surface area (Å²) in [6, 6.07) is 2.84. The molecule has 0 spiro atoms. The van der Waals surface area contributed by atoms with Gasteiger partial charge in [-0.05, 0) is 21.0 Å². The molecule has 0 aromatic heterocycles. The number of nitrogen functional groups attached to an aromatic ring is 1. The van der Waals surface area contributed by atoms with Gasteiger partial charge in [0.15, 0.2) is 11.6 Å². The number of ether oxygens (including phenoxy) is 2. The molecule has 0 unspecified atom stereocenters. The van der Waals surface area contributed by atoms with Gasteiger partial charge in [-0.1, -0.05) is 0 Å².